The third-order valence-corrected chi connectivity index (χ3v) is 7.23. The lowest BCUT2D eigenvalue weighted by atomic mass is 9.91. The van der Waals surface area contributed by atoms with Gasteiger partial charge in [0.05, 0.1) is 6.42 Å². The van der Waals surface area contributed by atoms with Gasteiger partial charge in [0.15, 0.2) is 5.82 Å². The van der Waals surface area contributed by atoms with Crippen LogP contribution in [0.1, 0.15) is 37.7 Å². The molecule has 0 radical (unpaired) electrons. The van der Waals surface area contributed by atoms with Crippen molar-refractivity contribution in [3.05, 3.63) is 59.9 Å². The van der Waals surface area contributed by atoms with E-state index in [4.69, 9.17) is 0 Å². The second kappa shape index (κ2) is 12.2. The molecular weight excluding hydrogens is 515 g/mol. The Kier molecular flexibility index (Phi) is 8.32. The fourth-order valence-electron chi connectivity index (χ4n) is 4.99. The molecule has 12 heteroatoms. The number of nitrogens with zero attached hydrogens (tertiary/aromatic N) is 5. The van der Waals surface area contributed by atoms with E-state index in [1.54, 1.807) is 42.3 Å². The van der Waals surface area contributed by atoms with Crippen LogP contribution in [0.2, 0.25) is 0 Å². The smallest absolute Gasteiger partial charge is 0.319 e. The van der Waals surface area contributed by atoms with Crippen LogP contribution in [0.15, 0.2) is 48.5 Å². The van der Waals surface area contributed by atoms with E-state index in [-0.39, 0.29) is 36.0 Å². The van der Waals surface area contributed by atoms with Crippen LogP contribution < -0.4 is 16.0 Å². The number of rotatable bonds is 9. The second-order valence-corrected chi connectivity index (χ2v) is 10.5. The topological polar surface area (TPSA) is 134 Å². The lowest BCUT2D eigenvalue weighted by Gasteiger charge is -2.34. The Hall–Kier alpha value is -4.35. The first kappa shape index (κ1) is 27.2. The van der Waals surface area contributed by atoms with E-state index < -0.39 is 12.1 Å². The van der Waals surface area contributed by atoms with Gasteiger partial charge in [-0.1, -0.05) is 24.3 Å². The van der Waals surface area contributed by atoms with E-state index in [0.29, 0.717) is 30.2 Å². The summed E-state index contributed by atoms with van der Waals surface area (Å²) >= 11 is 0. The van der Waals surface area contributed by atoms with Crippen molar-refractivity contribution in [2.24, 2.45) is 13.0 Å². The molecule has 11 nitrogen and oxygen atoms in total. The van der Waals surface area contributed by atoms with E-state index in [2.05, 4.69) is 31.5 Å². The molecule has 2 aromatic carbocycles. The zero-order chi connectivity index (χ0) is 28.1. The predicted molar refractivity (Wildman–Crippen MR) is 145 cm³/mol. The standard InChI is InChI=1S/C28H33FN8O3/c1-36-26(33-34-35-36)20-5-2-6-23(15-20)31-28(40)32-24(27(39)30-22-11-12-22)16-25(38)37-13-3-4-19(17-37)14-18-7-9-21(29)10-8-18/h2,5-10,15,19,22,24H,3-4,11-14,16-17H2,1H3,(H,30,39)(H2,31,32,40)/t19-,24-/m0/s1. The Morgan fingerprint density at radius 2 is 1.90 bits per heavy atom. The third-order valence-electron chi connectivity index (χ3n) is 7.23. The van der Waals surface area contributed by atoms with Crippen LogP contribution in [0, 0.1) is 11.7 Å². The molecule has 0 unspecified atom stereocenters. The molecule has 1 saturated heterocycles. The van der Waals surface area contributed by atoms with Crippen molar-refractivity contribution in [3.8, 4) is 11.4 Å². The normalized spacial score (nSPS) is 17.6. The van der Waals surface area contributed by atoms with Crippen molar-refractivity contribution >= 4 is 23.5 Å². The van der Waals surface area contributed by atoms with Gasteiger partial charge in [0.1, 0.15) is 11.9 Å². The third kappa shape index (κ3) is 7.19. The van der Waals surface area contributed by atoms with Crippen molar-refractivity contribution in [1.29, 1.82) is 0 Å². The van der Waals surface area contributed by atoms with Crippen molar-refractivity contribution in [1.82, 2.24) is 35.7 Å². The molecule has 210 valence electrons. The summed E-state index contributed by atoms with van der Waals surface area (Å²) in [6, 6.07) is 11.9. The zero-order valence-corrected chi connectivity index (χ0v) is 22.3. The molecule has 40 heavy (non-hydrogen) atoms. The van der Waals surface area contributed by atoms with E-state index in [1.165, 1.54) is 16.8 Å². The first-order valence-corrected chi connectivity index (χ1v) is 13.6. The van der Waals surface area contributed by atoms with E-state index >= 15 is 0 Å². The summed E-state index contributed by atoms with van der Waals surface area (Å²) in [6.07, 6.45) is 4.21. The van der Waals surface area contributed by atoms with Crippen LogP contribution >= 0.6 is 0 Å². The lowest BCUT2D eigenvalue weighted by molar-refractivity contribution is -0.136. The molecule has 3 N–H and O–H groups in total. The maximum absolute atomic E-state index is 13.3. The number of aryl methyl sites for hydroxylation is 1. The number of amides is 4. The van der Waals surface area contributed by atoms with Gasteiger partial charge in [0, 0.05) is 37.4 Å². The molecule has 2 aliphatic rings. The Bertz CT molecular complexity index is 1360. The van der Waals surface area contributed by atoms with Crippen LogP contribution in [0.25, 0.3) is 11.4 Å². The second-order valence-electron chi connectivity index (χ2n) is 10.5. The summed E-state index contributed by atoms with van der Waals surface area (Å²) in [5.74, 6) is -0.0431. The number of halogens is 1. The van der Waals surface area contributed by atoms with Gasteiger partial charge >= 0.3 is 6.03 Å². The Morgan fingerprint density at radius 1 is 1.10 bits per heavy atom. The number of urea groups is 1. The van der Waals surface area contributed by atoms with Crippen LogP contribution in [-0.4, -0.2) is 68.1 Å². The largest absolute Gasteiger partial charge is 0.352 e. The fraction of sp³-hybridized carbons (Fsp3) is 0.429. The maximum Gasteiger partial charge on any atom is 0.319 e. The van der Waals surface area contributed by atoms with Crippen molar-refractivity contribution in [3.63, 3.8) is 0 Å². The molecular formula is C28H33FN8O3. The number of nitrogens with one attached hydrogen (secondary N) is 3. The van der Waals surface area contributed by atoms with Gasteiger partial charge in [-0.3, -0.25) is 9.59 Å². The quantitative estimate of drug-likeness (QED) is 0.377. The number of aromatic nitrogens is 4. The van der Waals surface area contributed by atoms with Gasteiger partial charge in [0.25, 0.3) is 0 Å². The van der Waals surface area contributed by atoms with Crippen molar-refractivity contribution in [2.45, 2.75) is 50.6 Å². The van der Waals surface area contributed by atoms with Gasteiger partial charge in [-0.2, -0.15) is 0 Å². The van der Waals surface area contributed by atoms with E-state index in [9.17, 15) is 18.8 Å². The summed E-state index contributed by atoms with van der Waals surface area (Å²) in [7, 11) is 1.72. The summed E-state index contributed by atoms with van der Waals surface area (Å²) < 4.78 is 14.8. The van der Waals surface area contributed by atoms with E-state index in [1.807, 2.05) is 6.07 Å². The number of benzene rings is 2. The Labute approximate surface area is 231 Å². The van der Waals surface area contributed by atoms with Gasteiger partial charge in [-0.05, 0) is 78.3 Å². The molecule has 1 aromatic heterocycles. The van der Waals surface area contributed by atoms with Gasteiger partial charge in [-0.15, -0.1) is 5.10 Å². The number of anilines is 1. The fourth-order valence-corrected chi connectivity index (χ4v) is 4.99. The highest BCUT2D eigenvalue weighted by Crippen LogP contribution is 2.23. The van der Waals surface area contributed by atoms with Crippen LogP contribution in [0.3, 0.4) is 0 Å². The van der Waals surface area contributed by atoms with Gasteiger partial charge in [0.2, 0.25) is 11.8 Å². The Morgan fingerprint density at radius 3 is 2.62 bits per heavy atom. The lowest BCUT2D eigenvalue weighted by Crippen LogP contribution is -2.52. The van der Waals surface area contributed by atoms with Gasteiger partial charge < -0.3 is 20.9 Å². The highest BCUT2D eigenvalue weighted by molar-refractivity contribution is 5.96. The SMILES string of the molecule is Cn1nnnc1-c1cccc(NC(=O)N[C@@H](CC(=O)N2CCC[C@@H](Cc3ccc(F)cc3)C2)C(=O)NC2CC2)c1. The summed E-state index contributed by atoms with van der Waals surface area (Å²) in [5.41, 5.74) is 2.23. The number of carbonyl (C=O) groups is 3. The number of hydrogen-bond donors (Lipinski definition) is 3. The minimum Gasteiger partial charge on any atom is -0.352 e. The Balaban J connectivity index is 1.21. The summed E-state index contributed by atoms with van der Waals surface area (Å²) in [5, 5.41) is 19.8. The molecule has 3 aromatic rings. The van der Waals surface area contributed by atoms with Crippen molar-refractivity contribution < 1.29 is 18.8 Å². The molecule has 4 amide bonds. The molecule has 2 fully saturated rings. The number of hydrogen-bond acceptors (Lipinski definition) is 6. The maximum atomic E-state index is 13.3. The highest BCUT2D eigenvalue weighted by Gasteiger charge is 2.32. The molecule has 0 bridgehead atoms. The highest BCUT2D eigenvalue weighted by atomic mass is 19.1. The summed E-state index contributed by atoms with van der Waals surface area (Å²) in [4.78, 5) is 41.0. The zero-order valence-electron chi connectivity index (χ0n) is 22.3. The first-order chi connectivity index (χ1) is 19.3. The number of piperidine rings is 1. The average molecular weight is 549 g/mol. The average Bonchev–Trinajstić information content (AvgIpc) is 3.65. The monoisotopic (exact) mass is 548 g/mol. The number of tetrazole rings is 1. The molecule has 2 atom stereocenters. The molecule has 1 saturated carbocycles. The van der Waals surface area contributed by atoms with E-state index in [0.717, 1.165) is 37.7 Å². The van der Waals surface area contributed by atoms with Crippen LogP contribution in [-0.2, 0) is 23.1 Å². The first-order valence-electron chi connectivity index (χ1n) is 13.6. The molecule has 0 spiro atoms. The minimum absolute atomic E-state index is 0.0849. The van der Waals surface area contributed by atoms with Crippen LogP contribution in [0.5, 0.6) is 0 Å². The number of carbonyl (C=O) groups excluding carboxylic acids is 3. The van der Waals surface area contributed by atoms with Gasteiger partial charge in [-0.25, -0.2) is 13.9 Å². The number of likely N-dealkylation sites (tertiary alicyclic amines) is 1. The summed E-state index contributed by atoms with van der Waals surface area (Å²) in [6.45, 7) is 1.16. The molecule has 2 heterocycles. The molecule has 1 aliphatic carbocycles. The predicted octanol–water partition coefficient (Wildman–Crippen LogP) is 2.66. The molecule has 5 rings (SSSR count). The van der Waals surface area contributed by atoms with Crippen molar-refractivity contribution in [2.75, 3.05) is 18.4 Å². The minimum atomic E-state index is -1.02. The van der Waals surface area contributed by atoms with Crippen LogP contribution in [0.4, 0.5) is 14.9 Å². The molecule has 1 aliphatic heterocycles.